The molecule has 0 bridgehead atoms. The van der Waals surface area contributed by atoms with Crippen molar-refractivity contribution in [3.8, 4) is 33.4 Å². The third-order valence-corrected chi connectivity index (χ3v) is 9.24. The molecule has 0 aliphatic carbocycles. The van der Waals surface area contributed by atoms with Gasteiger partial charge >= 0.3 is 0 Å². The van der Waals surface area contributed by atoms with E-state index in [0.29, 0.717) is 0 Å². The van der Waals surface area contributed by atoms with E-state index in [1.54, 1.807) is 0 Å². The summed E-state index contributed by atoms with van der Waals surface area (Å²) in [6.07, 6.45) is 0. The van der Waals surface area contributed by atoms with Gasteiger partial charge in [-0.25, -0.2) is 0 Å². The molecule has 2 nitrogen and oxygen atoms in total. The number of para-hydroxylation sites is 1. The molecule has 2 heteroatoms. The molecule has 9 rings (SSSR count). The number of fused-ring (bicyclic) bond motifs is 4. The van der Waals surface area contributed by atoms with Gasteiger partial charge in [-0.05, 0) is 98.8 Å². The van der Waals surface area contributed by atoms with Gasteiger partial charge in [0, 0.05) is 27.8 Å². The maximum Gasteiger partial charge on any atom is 0.136 e. The van der Waals surface area contributed by atoms with Gasteiger partial charge in [0.1, 0.15) is 11.2 Å². The Labute approximate surface area is 279 Å². The van der Waals surface area contributed by atoms with Crippen LogP contribution in [0.1, 0.15) is 0 Å². The fraction of sp³-hybridized carbons (Fsp3) is 0. The standard InChI is InChI=1S/C46H31NO/c1-2-11-32(12-3-1)36-15-8-17-40(30-36)47(41-18-9-16-37(31-41)38-24-23-33-13-4-5-14-35(33)29-38)39-27-25-34(26-28-39)42-20-10-22-45-46(42)43-19-6-7-21-44(43)48-45/h1-31H. The molecule has 0 fully saturated rings. The molecule has 0 aliphatic heterocycles. The van der Waals surface area contributed by atoms with Crippen LogP contribution in [0.4, 0.5) is 17.1 Å². The Hall–Kier alpha value is -6.38. The van der Waals surface area contributed by atoms with Crippen molar-refractivity contribution in [3.05, 3.63) is 188 Å². The van der Waals surface area contributed by atoms with Crippen molar-refractivity contribution in [1.29, 1.82) is 0 Å². The highest BCUT2D eigenvalue weighted by molar-refractivity contribution is 6.12. The summed E-state index contributed by atoms with van der Waals surface area (Å²) >= 11 is 0. The van der Waals surface area contributed by atoms with Gasteiger partial charge in [-0.15, -0.1) is 0 Å². The second kappa shape index (κ2) is 11.8. The fourth-order valence-electron chi connectivity index (χ4n) is 6.90. The smallest absolute Gasteiger partial charge is 0.136 e. The zero-order chi connectivity index (χ0) is 31.9. The second-order valence-electron chi connectivity index (χ2n) is 12.2. The van der Waals surface area contributed by atoms with Gasteiger partial charge in [-0.2, -0.15) is 0 Å². The summed E-state index contributed by atoms with van der Waals surface area (Å²) in [6.45, 7) is 0. The SMILES string of the molecule is c1ccc(-c2cccc(N(c3ccc(-c4cccc5oc6ccccc6c45)cc3)c3cccc(-c4ccc5ccccc5c4)c3)c2)cc1. The number of hydrogen-bond donors (Lipinski definition) is 0. The first kappa shape index (κ1) is 27.9. The van der Waals surface area contributed by atoms with Gasteiger partial charge in [0.25, 0.3) is 0 Å². The Bertz CT molecular complexity index is 2560. The number of anilines is 3. The topological polar surface area (TPSA) is 16.4 Å². The highest BCUT2D eigenvalue weighted by Gasteiger charge is 2.17. The van der Waals surface area contributed by atoms with Crippen LogP contribution in [0.15, 0.2) is 192 Å². The summed E-state index contributed by atoms with van der Waals surface area (Å²) in [4.78, 5) is 2.36. The van der Waals surface area contributed by atoms with Gasteiger partial charge in [-0.3, -0.25) is 0 Å². The quantitative estimate of drug-likeness (QED) is 0.185. The van der Waals surface area contributed by atoms with Gasteiger partial charge in [-0.1, -0.05) is 133 Å². The van der Waals surface area contributed by atoms with Crippen molar-refractivity contribution < 1.29 is 4.42 Å². The fourth-order valence-corrected chi connectivity index (χ4v) is 6.90. The lowest BCUT2D eigenvalue weighted by molar-refractivity contribution is 0.669. The van der Waals surface area contributed by atoms with Crippen LogP contribution >= 0.6 is 0 Å². The Morgan fingerprint density at radius 3 is 1.71 bits per heavy atom. The van der Waals surface area contributed by atoms with E-state index in [2.05, 4.69) is 181 Å². The van der Waals surface area contributed by atoms with Crippen LogP contribution in [-0.4, -0.2) is 0 Å². The molecule has 0 amide bonds. The van der Waals surface area contributed by atoms with E-state index in [1.165, 1.54) is 38.6 Å². The van der Waals surface area contributed by atoms with Crippen molar-refractivity contribution in [3.63, 3.8) is 0 Å². The summed E-state index contributed by atoms with van der Waals surface area (Å²) in [6, 6.07) is 67.0. The Morgan fingerprint density at radius 1 is 0.333 bits per heavy atom. The number of nitrogens with zero attached hydrogens (tertiary/aromatic N) is 1. The van der Waals surface area contributed by atoms with Crippen molar-refractivity contribution >= 4 is 49.8 Å². The molecular formula is C46H31NO. The van der Waals surface area contributed by atoms with E-state index >= 15 is 0 Å². The van der Waals surface area contributed by atoms with Gasteiger partial charge in [0.05, 0.1) is 0 Å². The zero-order valence-corrected chi connectivity index (χ0v) is 26.3. The first-order valence-electron chi connectivity index (χ1n) is 16.3. The predicted molar refractivity (Wildman–Crippen MR) is 202 cm³/mol. The van der Waals surface area contributed by atoms with Crippen LogP contribution in [0.25, 0.3) is 66.1 Å². The predicted octanol–water partition coefficient (Wildman–Crippen LogP) is 13.2. The van der Waals surface area contributed by atoms with E-state index < -0.39 is 0 Å². The summed E-state index contributed by atoms with van der Waals surface area (Å²) in [5.74, 6) is 0. The van der Waals surface area contributed by atoms with Gasteiger partial charge < -0.3 is 9.32 Å². The first-order chi connectivity index (χ1) is 23.8. The normalized spacial score (nSPS) is 11.3. The lowest BCUT2D eigenvalue weighted by Gasteiger charge is -2.27. The molecule has 1 heterocycles. The monoisotopic (exact) mass is 613 g/mol. The van der Waals surface area contributed by atoms with E-state index in [-0.39, 0.29) is 0 Å². The van der Waals surface area contributed by atoms with Crippen LogP contribution < -0.4 is 4.90 Å². The molecule has 0 N–H and O–H groups in total. The maximum absolute atomic E-state index is 6.20. The third kappa shape index (κ3) is 5.01. The number of furan rings is 1. The minimum absolute atomic E-state index is 0.905. The highest BCUT2D eigenvalue weighted by Crippen LogP contribution is 2.41. The first-order valence-corrected chi connectivity index (χ1v) is 16.3. The number of hydrogen-bond acceptors (Lipinski definition) is 2. The van der Waals surface area contributed by atoms with Gasteiger partial charge in [0.15, 0.2) is 0 Å². The molecule has 9 aromatic rings. The lowest BCUT2D eigenvalue weighted by Crippen LogP contribution is -2.10. The molecule has 0 aliphatic rings. The molecule has 48 heavy (non-hydrogen) atoms. The largest absolute Gasteiger partial charge is 0.456 e. The molecule has 226 valence electrons. The Morgan fingerprint density at radius 2 is 0.917 bits per heavy atom. The molecule has 0 spiro atoms. The molecule has 0 atom stereocenters. The van der Waals surface area contributed by atoms with Crippen LogP contribution in [0, 0.1) is 0 Å². The Kier molecular flexibility index (Phi) is 6.84. The molecule has 0 unspecified atom stereocenters. The van der Waals surface area contributed by atoms with E-state index in [9.17, 15) is 0 Å². The molecule has 1 aromatic heterocycles. The van der Waals surface area contributed by atoms with Crippen molar-refractivity contribution in [2.45, 2.75) is 0 Å². The average molecular weight is 614 g/mol. The van der Waals surface area contributed by atoms with Crippen molar-refractivity contribution in [1.82, 2.24) is 0 Å². The highest BCUT2D eigenvalue weighted by atomic mass is 16.3. The summed E-state index contributed by atoms with van der Waals surface area (Å²) < 4.78 is 6.20. The van der Waals surface area contributed by atoms with E-state index in [4.69, 9.17) is 4.42 Å². The van der Waals surface area contributed by atoms with Crippen LogP contribution in [0.2, 0.25) is 0 Å². The number of benzene rings is 8. The molecular weight excluding hydrogens is 583 g/mol. The third-order valence-electron chi connectivity index (χ3n) is 9.24. The summed E-state index contributed by atoms with van der Waals surface area (Å²) in [7, 11) is 0. The lowest BCUT2D eigenvalue weighted by atomic mass is 9.98. The van der Waals surface area contributed by atoms with Gasteiger partial charge in [0.2, 0.25) is 0 Å². The zero-order valence-electron chi connectivity index (χ0n) is 26.3. The molecule has 0 radical (unpaired) electrons. The summed E-state index contributed by atoms with van der Waals surface area (Å²) in [5, 5.41) is 4.77. The van der Waals surface area contributed by atoms with E-state index in [1.807, 2.05) is 12.1 Å². The minimum Gasteiger partial charge on any atom is -0.456 e. The van der Waals surface area contributed by atoms with Crippen molar-refractivity contribution in [2.24, 2.45) is 0 Å². The van der Waals surface area contributed by atoms with Crippen LogP contribution in [0.3, 0.4) is 0 Å². The Balaban J connectivity index is 1.17. The van der Waals surface area contributed by atoms with E-state index in [0.717, 1.165) is 44.6 Å². The molecule has 8 aromatic carbocycles. The van der Waals surface area contributed by atoms with Crippen LogP contribution in [0.5, 0.6) is 0 Å². The number of rotatable bonds is 6. The second-order valence-corrected chi connectivity index (χ2v) is 12.2. The minimum atomic E-state index is 0.905. The molecule has 0 saturated carbocycles. The average Bonchev–Trinajstić information content (AvgIpc) is 3.55. The van der Waals surface area contributed by atoms with Crippen molar-refractivity contribution in [2.75, 3.05) is 4.90 Å². The molecule has 0 saturated heterocycles. The maximum atomic E-state index is 6.20. The van der Waals surface area contributed by atoms with Crippen LogP contribution in [-0.2, 0) is 0 Å². The summed E-state index contributed by atoms with van der Waals surface area (Å²) in [5.41, 5.74) is 12.2.